The van der Waals surface area contributed by atoms with E-state index < -0.39 is 0 Å². The summed E-state index contributed by atoms with van der Waals surface area (Å²) in [4.78, 5) is 0. The van der Waals surface area contributed by atoms with Crippen molar-refractivity contribution in [2.75, 3.05) is 0 Å². The number of hydrazone groups is 2. The first-order valence-electron chi connectivity index (χ1n) is 4.04. The third kappa shape index (κ3) is 1.66. The molecule has 0 atom stereocenters. The van der Waals surface area contributed by atoms with Gasteiger partial charge in [0.05, 0.1) is 0 Å². The van der Waals surface area contributed by atoms with Crippen molar-refractivity contribution in [3.8, 4) is 0 Å². The summed E-state index contributed by atoms with van der Waals surface area (Å²) < 4.78 is 0. The zero-order chi connectivity index (χ0) is 9.10. The van der Waals surface area contributed by atoms with E-state index in [2.05, 4.69) is 28.0 Å². The van der Waals surface area contributed by atoms with Crippen LogP contribution in [0.4, 0.5) is 0 Å². The van der Waals surface area contributed by atoms with Gasteiger partial charge in [-0.05, 0) is 6.92 Å². The van der Waals surface area contributed by atoms with Gasteiger partial charge in [0.25, 0.3) is 0 Å². The molecule has 0 aliphatic carbocycles. The maximum Gasteiger partial charge on any atom is 0.173 e. The molecule has 1 aromatic carbocycles. The van der Waals surface area contributed by atoms with Gasteiger partial charge in [0, 0.05) is 5.56 Å². The van der Waals surface area contributed by atoms with E-state index in [-0.39, 0.29) is 0 Å². The predicted octanol–water partition coefficient (Wildman–Crippen LogP) is 0.793. The summed E-state index contributed by atoms with van der Waals surface area (Å²) in [5.41, 5.74) is 7.75. The minimum atomic E-state index is 0.738. The summed E-state index contributed by atoms with van der Waals surface area (Å²) in [7, 11) is 0. The van der Waals surface area contributed by atoms with Gasteiger partial charge < -0.3 is 0 Å². The minimum Gasteiger partial charge on any atom is -0.264 e. The van der Waals surface area contributed by atoms with Gasteiger partial charge in [-0.3, -0.25) is 10.9 Å². The molecule has 1 aliphatic heterocycles. The largest absolute Gasteiger partial charge is 0.264 e. The van der Waals surface area contributed by atoms with Gasteiger partial charge in [0.2, 0.25) is 0 Å². The van der Waals surface area contributed by atoms with E-state index in [1.54, 1.807) is 0 Å². The lowest BCUT2D eigenvalue weighted by Gasteiger charge is -2.08. The zero-order valence-electron chi connectivity index (χ0n) is 7.28. The van der Waals surface area contributed by atoms with Crippen LogP contribution >= 0.6 is 0 Å². The third-order valence-corrected chi connectivity index (χ3v) is 1.79. The van der Waals surface area contributed by atoms with Crippen LogP contribution in [-0.4, -0.2) is 12.2 Å². The molecule has 2 rings (SSSR count). The standard InChI is InChI=1S/C9H10N4/c1-7-2-4-8(5-3-7)9-12-10-6-11-13-9/h2-6H,1H3,(H,10,11)(H,12,13). The number of aryl methyl sites for hydroxylation is 1. The maximum atomic E-state index is 4.04. The number of amidine groups is 1. The first-order chi connectivity index (χ1) is 6.36. The SMILES string of the molecule is Cc1ccc(C2=NNC=NN2)cc1. The fourth-order valence-corrected chi connectivity index (χ4v) is 1.08. The molecular formula is C9H10N4. The molecule has 66 valence electrons. The molecule has 0 spiro atoms. The molecule has 1 aromatic rings. The van der Waals surface area contributed by atoms with Gasteiger partial charge in [-0.15, -0.1) is 0 Å². The number of hydrogen-bond donors (Lipinski definition) is 2. The van der Waals surface area contributed by atoms with E-state index in [1.165, 1.54) is 11.9 Å². The van der Waals surface area contributed by atoms with Gasteiger partial charge >= 0.3 is 0 Å². The van der Waals surface area contributed by atoms with Crippen molar-refractivity contribution in [1.82, 2.24) is 10.9 Å². The minimum absolute atomic E-state index is 0.738. The second-order valence-electron chi connectivity index (χ2n) is 2.83. The Hall–Kier alpha value is -1.84. The molecule has 2 N–H and O–H groups in total. The van der Waals surface area contributed by atoms with Crippen molar-refractivity contribution in [3.63, 3.8) is 0 Å². The van der Waals surface area contributed by atoms with Crippen LogP contribution in [0.25, 0.3) is 0 Å². The fourth-order valence-electron chi connectivity index (χ4n) is 1.08. The normalized spacial score (nSPS) is 14.4. The highest BCUT2D eigenvalue weighted by Gasteiger charge is 2.03. The number of hydrogen-bond acceptors (Lipinski definition) is 4. The van der Waals surface area contributed by atoms with Crippen LogP contribution in [0, 0.1) is 6.92 Å². The first-order valence-corrected chi connectivity index (χ1v) is 4.04. The smallest absolute Gasteiger partial charge is 0.173 e. The summed E-state index contributed by atoms with van der Waals surface area (Å²) >= 11 is 0. The van der Waals surface area contributed by atoms with E-state index in [1.807, 2.05) is 24.3 Å². The summed E-state index contributed by atoms with van der Waals surface area (Å²) in [5.74, 6) is 0.738. The molecule has 0 saturated carbocycles. The maximum absolute atomic E-state index is 4.04. The van der Waals surface area contributed by atoms with E-state index in [9.17, 15) is 0 Å². The average molecular weight is 174 g/mol. The fraction of sp³-hybridized carbons (Fsp3) is 0.111. The van der Waals surface area contributed by atoms with Crippen LogP contribution in [0.3, 0.4) is 0 Å². The Morgan fingerprint density at radius 2 is 1.92 bits per heavy atom. The van der Waals surface area contributed by atoms with Crippen LogP contribution < -0.4 is 10.9 Å². The first kappa shape index (κ1) is 7.79. The highest BCUT2D eigenvalue weighted by Crippen LogP contribution is 2.03. The van der Waals surface area contributed by atoms with Gasteiger partial charge in [0.15, 0.2) is 5.84 Å². The van der Waals surface area contributed by atoms with Crippen LogP contribution in [0.5, 0.6) is 0 Å². The second-order valence-corrected chi connectivity index (χ2v) is 2.83. The van der Waals surface area contributed by atoms with E-state index in [0.717, 1.165) is 11.4 Å². The molecule has 1 heterocycles. The predicted molar refractivity (Wildman–Crippen MR) is 52.5 cm³/mol. The van der Waals surface area contributed by atoms with Gasteiger partial charge in [0.1, 0.15) is 6.34 Å². The quantitative estimate of drug-likeness (QED) is 0.661. The molecule has 0 amide bonds. The number of nitrogens with one attached hydrogen (secondary N) is 2. The molecule has 0 fully saturated rings. The van der Waals surface area contributed by atoms with Crippen LogP contribution in [0.2, 0.25) is 0 Å². The number of benzene rings is 1. The molecule has 0 radical (unpaired) electrons. The highest BCUT2D eigenvalue weighted by atomic mass is 15.5. The Kier molecular flexibility index (Phi) is 1.96. The highest BCUT2D eigenvalue weighted by molar-refractivity contribution is 5.99. The molecule has 0 bridgehead atoms. The molecule has 0 saturated heterocycles. The number of rotatable bonds is 1. The van der Waals surface area contributed by atoms with Crippen LogP contribution in [0.15, 0.2) is 34.5 Å². The summed E-state index contributed by atoms with van der Waals surface area (Å²) in [6, 6.07) is 8.09. The number of nitrogens with zero attached hydrogens (tertiary/aromatic N) is 2. The summed E-state index contributed by atoms with van der Waals surface area (Å²) in [6.45, 7) is 2.05. The second kappa shape index (κ2) is 3.26. The van der Waals surface area contributed by atoms with E-state index in [4.69, 9.17) is 0 Å². The Bertz CT molecular complexity index is 350. The van der Waals surface area contributed by atoms with E-state index in [0.29, 0.717) is 0 Å². The molecule has 0 unspecified atom stereocenters. The lowest BCUT2D eigenvalue weighted by Crippen LogP contribution is -2.27. The average Bonchev–Trinajstić information content (AvgIpc) is 2.20. The van der Waals surface area contributed by atoms with Gasteiger partial charge in [-0.2, -0.15) is 10.2 Å². The Labute approximate surface area is 76.4 Å². The van der Waals surface area contributed by atoms with Crippen molar-refractivity contribution in [1.29, 1.82) is 0 Å². The molecule has 4 heteroatoms. The lowest BCUT2D eigenvalue weighted by molar-refractivity contribution is 0.905. The van der Waals surface area contributed by atoms with Crippen molar-refractivity contribution in [2.45, 2.75) is 6.92 Å². The Balaban J connectivity index is 2.25. The van der Waals surface area contributed by atoms with Crippen LogP contribution in [0.1, 0.15) is 11.1 Å². The Morgan fingerprint density at radius 1 is 1.15 bits per heavy atom. The Morgan fingerprint density at radius 3 is 2.54 bits per heavy atom. The third-order valence-electron chi connectivity index (χ3n) is 1.79. The van der Waals surface area contributed by atoms with Gasteiger partial charge in [-0.25, -0.2) is 0 Å². The molecule has 0 aromatic heterocycles. The van der Waals surface area contributed by atoms with Crippen molar-refractivity contribution in [2.24, 2.45) is 10.2 Å². The van der Waals surface area contributed by atoms with Crippen molar-refractivity contribution >= 4 is 12.2 Å². The molecular weight excluding hydrogens is 164 g/mol. The van der Waals surface area contributed by atoms with Crippen molar-refractivity contribution in [3.05, 3.63) is 35.4 Å². The monoisotopic (exact) mass is 174 g/mol. The lowest BCUT2D eigenvalue weighted by atomic mass is 10.1. The molecule has 13 heavy (non-hydrogen) atoms. The zero-order valence-corrected chi connectivity index (χ0v) is 7.28. The summed E-state index contributed by atoms with van der Waals surface area (Å²) in [6.07, 6.45) is 1.50. The topological polar surface area (TPSA) is 48.8 Å². The van der Waals surface area contributed by atoms with Crippen molar-refractivity contribution < 1.29 is 0 Å². The van der Waals surface area contributed by atoms with E-state index >= 15 is 0 Å². The molecule has 4 nitrogen and oxygen atoms in total. The van der Waals surface area contributed by atoms with Gasteiger partial charge in [-0.1, -0.05) is 29.8 Å². The summed E-state index contributed by atoms with van der Waals surface area (Å²) in [5, 5.41) is 7.88. The van der Waals surface area contributed by atoms with Crippen LogP contribution in [-0.2, 0) is 0 Å². The molecule has 1 aliphatic rings.